The van der Waals surface area contributed by atoms with Gasteiger partial charge in [0.25, 0.3) is 0 Å². The maximum absolute atomic E-state index is 2.69. The van der Waals surface area contributed by atoms with E-state index in [1.807, 2.05) is 0 Å². The van der Waals surface area contributed by atoms with Gasteiger partial charge in [0.2, 0.25) is 0 Å². The summed E-state index contributed by atoms with van der Waals surface area (Å²) in [7, 11) is 0. The van der Waals surface area contributed by atoms with Crippen LogP contribution < -0.4 is 0 Å². The van der Waals surface area contributed by atoms with Gasteiger partial charge in [-0.2, -0.15) is 0 Å². The third-order valence-electron chi connectivity index (χ3n) is 4.31. The molecule has 1 heterocycles. The molecule has 0 bridgehead atoms. The fraction of sp³-hybridized carbons (Fsp3) is 1.00. The van der Waals surface area contributed by atoms with Crippen LogP contribution in [0.25, 0.3) is 0 Å². The zero-order chi connectivity index (χ0) is 12.7. The van der Waals surface area contributed by atoms with Crippen LogP contribution in [0.4, 0.5) is 0 Å². The number of unbranched alkanes of at least 4 members (excludes halogenated alkanes) is 3. The highest BCUT2D eigenvalue weighted by atomic mass is 15.1. The molecule has 0 radical (unpaired) electrons. The number of rotatable bonds is 7. The summed E-state index contributed by atoms with van der Waals surface area (Å²) < 4.78 is 0. The van der Waals surface area contributed by atoms with E-state index in [9.17, 15) is 0 Å². The molecule has 1 atom stereocenters. The fourth-order valence-corrected chi connectivity index (χ4v) is 2.89. The number of hydrogen-bond acceptors (Lipinski definition) is 1. The standard InChI is InChI=1S/C16H33N/c1-5-6-7-8-11-15(16(2,3)4)14-17-12-9-10-13-17/h15H,5-14H2,1-4H3. The summed E-state index contributed by atoms with van der Waals surface area (Å²) in [5.41, 5.74) is 0.481. The number of likely N-dealkylation sites (tertiary alicyclic amines) is 1. The van der Waals surface area contributed by atoms with Crippen molar-refractivity contribution in [3.8, 4) is 0 Å². The van der Waals surface area contributed by atoms with Crippen molar-refractivity contribution in [1.29, 1.82) is 0 Å². The summed E-state index contributed by atoms with van der Waals surface area (Å²) in [4.78, 5) is 2.69. The van der Waals surface area contributed by atoms with E-state index < -0.39 is 0 Å². The van der Waals surface area contributed by atoms with Gasteiger partial charge in [-0.3, -0.25) is 0 Å². The molecule has 0 aromatic carbocycles. The largest absolute Gasteiger partial charge is 0.303 e. The van der Waals surface area contributed by atoms with E-state index >= 15 is 0 Å². The van der Waals surface area contributed by atoms with Crippen LogP contribution in [0.1, 0.15) is 72.6 Å². The van der Waals surface area contributed by atoms with Crippen LogP contribution in [0.3, 0.4) is 0 Å². The Labute approximate surface area is 109 Å². The Kier molecular flexibility index (Phi) is 6.54. The molecule has 0 spiro atoms. The first-order valence-corrected chi connectivity index (χ1v) is 7.76. The van der Waals surface area contributed by atoms with Gasteiger partial charge in [0.15, 0.2) is 0 Å². The summed E-state index contributed by atoms with van der Waals surface area (Å²) in [5.74, 6) is 0.887. The Morgan fingerprint density at radius 3 is 2.18 bits per heavy atom. The lowest BCUT2D eigenvalue weighted by molar-refractivity contribution is 0.154. The van der Waals surface area contributed by atoms with Crippen molar-refractivity contribution in [2.45, 2.75) is 72.6 Å². The average Bonchev–Trinajstić information content (AvgIpc) is 2.73. The van der Waals surface area contributed by atoms with Crippen LogP contribution in [0.5, 0.6) is 0 Å². The van der Waals surface area contributed by atoms with E-state index in [-0.39, 0.29) is 0 Å². The van der Waals surface area contributed by atoms with E-state index in [4.69, 9.17) is 0 Å². The van der Waals surface area contributed by atoms with Crippen LogP contribution in [0.15, 0.2) is 0 Å². The second-order valence-corrected chi connectivity index (χ2v) is 6.92. The van der Waals surface area contributed by atoms with Gasteiger partial charge in [-0.25, -0.2) is 0 Å². The van der Waals surface area contributed by atoms with Gasteiger partial charge in [0.05, 0.1) is 0 Å². The molecule has 17 heavy (non-hydrogen) atoms. The van der Waals surface area contributed by atoms with E-state index in [2.05, 4.69) is 32.6 Å². The van der Waals surface area contributed by atoms with Gasteiger partial charge in [0.1, 0.15) is 0 Å². The quantitative estimate of drug-likeness (QED) is 0.581. The molecule has 0 aliphatic carbocycles. The third-order valence-corrected chi connectivity index (χ3v) is 4.31. The van der Waals surface area contributed by atoms with Gasteiger partial charge in [-0.1, -0.05) is 53.4 Å². The molecule has 0 aromatic heterocycles. The molecule has 1 aliphatic heterocycles. The average molecular weight is 239 g/mol. The van der Waals surface area contributed by atoms with Crippen molar-refractivity contribution in [3.63, 3.8) is 0 Å². The van der Waals surface area contributed by atoms with E-state index in [1.54, 1.807) is 0 Å². The molecule has 1 heteroatoms. The first-order valence-electron chi connectivity index (χ1n) is 7.76. The summed E-state index contributed by atoms with van der Waals surface area (Å²) >= 11 is 0. The molecular formula is C16H33N. The number of hydrogen-bond donors (Lipinski definition) is 0. The normalized spacial score (nSPS) is 19.8. The Morgan fingerprint density at radius 1 is 1.00 bits per heavy atom. The molecular weight excluding hydrogens is 206 g/mol. The van der Waals surface area contributed by atoms with Gasteiger partial charge in [0, 0.05) is 6.54 Å². The minimum absolute atomic E-state index is 0.481. The van der Waals surface area contributed by atoms with Crippen molar-refractivity contribution in [1.82, 2.24) is 4.90 Å². The molecule has 1 fully saturated rings. The molecule has 1 unspecified atom stereocenters. The third kappa shape index (κ3) is 5.90. The molecule has 1 aliphatic rings. The van der Waals surface area contributed by atoms with Crippen molar-refractivity contribution in [3.05, 3.63) is 0 Å². The molecule has 1 nitrogen and oxygen atoms in total. The second kappa shape index (κ2) is 7.41. The predicted octanol–water partition coefficient (Wildman–Crippen LogP) is 4.71. The summed E-state index contributed by atoms with van der Waals surface area (Å²) in [6.07, 6.45) is 9.92. The Balaban J connectivity index is 2.32. The maximum atomic E-state index is 2.69. The first-order chi connectivity index (χ1) is 8.04. The predicted molar refractivity (Wildman–Crippen MR) is 77.4 cm³/mol. The van der Waals surface area contributed by atoms with Gasteiger partial charge in [-0.15, -0.1) is 0 Å². The Bertz CT molecular complexity index is 186. The lowest BCUT2D eigenvalue weighted by Crippen LogP contribution is -2.33. The lowest BCUT2D eigenvalue weighted by Gasteiger charge is -2.34. The molecule has 102 valence electrons. The minimum Gasteiger partial charge on any atom is -0.303 e. The minimum atomic E-state index is 0.481. The molecule has 1 rings (SSSR count). The monoisotopic (exact) mass is 239 g/mol. The van der Waals surface area contributed by atoms with Crippen molar-refractivity contribution < 1.29 is 0 Å². The second-order valence-electron chi connectivity index (χ2n) is 6.92. The van der Waals surface area contributed by atoms with Crippen molar-refractivity contribution in [2.24, 2.45) is 11.3 Å². The Morgan fingerprint density at radius 2 is 1.65 bits per heavy atom. The Hall–Kier alpha value is -0.0400. The molecule has 0 saturated carbocycles. The SMILES string of the molecule is CCCCCCC(CN1CCCC1)C(C)(C)C. The van der Waals surface area contributed by atoms with Crippen molar-refractivity contribution in [2.75, 3.05) is 19.6 Å². The molecule has 1 saturated heterocycles. The van der Waals surface area contributed by atoms with Crippen LogP contribution in [-0.4, -0.2) is 24.5 Å². The highest BCUT2D eigenvalue weighted by Crippen LogP contribution is 2.32. The zero-order valence-corrected chi connectivity index (χ0v) is 12.6. The summed E-state index contributed by atoms with van der Waals surface area (Å²) in [6.45, 7) is 13.6. The number of nitrogens with zero attached hydrogens (tertiary/aromatic N) is 1. The fourth-order valence-electron chi connectivity index (χ4n) is 2.89. The molecule has 0 aromatic rings. The molecule has 0 amide bonds. The first kappa shape index (κ1) is 15.0. The zero-order valence-electron chi connectivity index (χ0n) is 12.6. The van der Waals surface area contributed by atoms with Crippen molar-refractivity contribution >= 4 is 0 Å². The highest BCUT2D eigenvalue weighted by molar-refractivity contribution is 4.79. The lowest BCUT2D eigenvalue weighted by atomic mass is 9.77. The summed E-state index contributed by atoms with van der Waals surface area (Å²) in [6, 6.07) is 0. The highest BCUT2D eigenvalue weighted by Gasteiger charge is 2.27. The van der Waals surface area contributed by atoms with Gasteiger partial charge < -0.3 is 4.90 Å². The molecule has 0 N–H and O–H groups in total. The summed E-state index contributed by atoms with van der Waals surface area (Å²) in [5, 5.41) is 0. The smallest absolute Gasteiger partial charge is 0.00147 e. The van der Waals surface area contributed by atoms with Gasteiger partial charge in [-0.05, 0) is 43.7 Å². The van der Waals surface area contributed by atoms with E-state index in [1.165, 1.54) is 64.6 Å². The van der Waals surface area contributed by atoms with Crippen LogP contribution in [0, 0.1) is 11.3 Å². The van der Waals surface area contributed by atoms with E-state index in [0.29, 0.717) is 5.41 Å². The van der Waals surface area contributed by atoms with Crippen LogP contribution in [0.2, 0.25) is 0 Å². The topological polar surface area (TPSA) is 3.24 Å². The van der Waals surface area contributed by atoms with Crippen LogP contribution in [-0.2, 0) is 0 Å². The van der Waals surface area contributed by atoms with E-state index in [0.717, 1.165) is 5.92 Å². The van der Waals surface area contributed by atoms with Crippen LogP contribution >= 0.6 is 0 Å². The maximum Gasteiger partial charge on any atom is 0.00147 e. The van der Waals surface area contributed by atoms with Gasteiger partial charge >= 0.3 is 0 Å².